The average molecular weight is 339 g/mol. The van der Waals surface area contributed by atoms with Crippen molar-refractivity contribution in [3.05, 3.63) is 11.6 Å². The maximum Gasteiger partial charge on any atom is 0.331 e. The van der Waals surface area contributed by atoms with Gasteiger partial charge in [-0.05, 0) is 25.7 Å². The van der Waals surface area contributed by atoms with Crippen molar-refractivity contribution in [2.75, 3.05) is 0 Å². The van der Waals surface area contributed by atoms with Crippen LogP contribution in [0.3, 0.4) is 0 Å². The number of unbranched alkanes of at least 4 members (excludes halogenated alkanes) is 14. The summed E-state index contributed by atoms with van der Waals surface area (Å²) >= 11 is 0. The summed E-state index contributed by atoms with van der Waals surface area (Å²) in [6, 6.07) is 0. The molecule has 0 radical (unpaired) electrons. The Morgan fingerprint density at radius 3 is 1.54 bits per heavy atom. The molecular formula is C22H42O2. The van der Waals surface area contributed by atoms with Crippen LogP contribution in [0.4, 0.5) is 0 Å². The lowest BCUT2D eigenvalue weighted by Crippen LogP contribution is -2.00. The molecule has 2 heteroatoms. The molecule has 24 heavy (non-hydrogen) atoms. The normalized spacial score (nSPS) is 11.8. The molecule has 0 atom stereocenters. The number of hydrogen-bond donors (Lipinski definition) is 1. The zero-order valence-electron chi connectivity index (χ0n) is 16.5. The molecule has 0 aromatic heterocycles. The average Bonchev–Trinajstić information content (AvgIpc) is 2.57. The molecule has 0 aliphatic heterocycles. The van der Waals surface area contributed by atoms with E-state index in [4.69, 9.17) is 0 Å². The van der Waals surface area contributed by atoms with Gasteiger partial charge in [0, 0.05) is 5.57 Å². The third kappa shape index (κ3) is 16.1. The van der Waals surface area contributed by atoms with Gasteiger partial charge in [0.25, 0.3) is 0 Å². The Morgan fingerprint density at radius 2 is 1.08 bits per heavy atom. The zero-order chi connectivity index (χ0) is 17.9. The van der Waals surface area contributed by atoms with Gasteiger partial charge in [-0.2, -0.15) is 0 Å². The summed E-state index contributed by atoms with van der Waals surface area (Å²) < 4.78 is 0. The van der Waals surface area contributed by atoms with Crippen molar-refractivity contribution in [3.63, 3.8) is 0 Å². The van der Waals surface area contributed by atoms with E-state index in [9.17, 15) is 9.90 Å². The molecule has 0 rings (SSSR count). The van der Waals surface area contributed by atoms with Gasteiger partial charge in [-0.1, -0.05) is 103 Å². The van der Waals surface area contributed by atoms with Gasteiger partial charge in [0.15, 0.2) is 0 Å². The van der Waals surface area contributed by atoms with Crippen LogP contribution in [0.5, 0.6) is 0 Å². The van der Waals surface area contributed by atoms with Crippen LogP contribution in [-0.4, -0.2) is 11.1 Å². The zero-order valence-corrected chi connectivity index (χ0v) is 16.5. The lowest BCUT2D eigenvalue weighted by molar-refractivity contribution is -0.132. The van der Waals surface area contributed by atoms with Gasteiger partial charge in [0.05, 0.1) is 0 Å². The van der Waals surface area contributed by atoms with Gasteiger partial charge in [-0.3, -0.25) is 0 Å². The Kier molecular flexibility index (Phi) is 17.9. The minimum absolute atomic E-state index is 0.644. The first-order valence-corrected chi connectivity index (χ1v) is 10.6. The van der Waals surface area contributed by atoms with Crippen molar-refractivity contribution >= 4 is 5.97 Å². The molecule has 0 aromatic carbocycles. The van der Waals surface area contributed by atoms with E-state index in [1.807, 2.05) is 6.08 Å². The Labute approximate surface area is 151 Å². The molecule has 142 valence electrons. The van der Waals surface area contributed by atoms with E-state index >= 15 is 0 Å². The number of rotatable bonds is 18. The lowest BCUT2D eigenvalue weighted by atomic mass is 10.0. The van der Waals surface area contributed by atoms with Crippen LogP contribution in [0.15, 0.2) is 11.6 Å². The molecule has 0 unspecified atom stereocenters. The van der Waals surface area contributed by atoms with Gasteiger partial charge in [-0.15, -0.1) is 0 Å². The molecule has 0 saturated heterocycles. The second-order valence-corrected chi connectivity index (χ2v) is 7.17. The first-order chi connectivity index (χ1) is 11.7. The number of carbonyl (C=O) groups is 1. The molecule has 0 aliphatic rings. The topological polar surface area (TPSA) is 37.3 Å². The fourth-order valence-corrected chi connectivity index (χ4v) is 3.12. The molecule has 1 N–H and O–H groups in total. The molecule has 0 aromatic rings. The van der Waals surface area contributed by atoms with Crippen LogP contribution in [0.2, 0.25) is 0 Å². The predicted octanol–water partition coefficient (Wildman–Crippen LogP) is 7.67. The molecule has 0 spiro atoms. The van der Waals surface area contributed by atoms with E-state index in [-0.39, 0.29) is 0 Å². The molecule has 0 amide bonds. The monoisotopic (exact) mass is 338 g/mol. The van der Waals surface area contributed by atoms with Crippen molar-refractivity contribution in [1.29, 1.82) is 0 Å². The fourth-order valence-electron chi connectivity index (χ4n) is 3.12. The molecule has 2 nitrogen and oxygen atoms in total. The maximum atomic E-state index is 11.3. The third-order valence-corrected chi connectivity index (χ3v) is 4.77. The number of carboxylic acids is 1. The number of allylic oxidation sites excluding steroid dienone is 1. The minimum atomic E-state index is -0.709. The van der Waals surface area contributed by atoms with Gasteiger partial charge in [0.2, 0.25) is 0 Å². The molecule has 0 aliphatic carbocycles. The highest BCUT2D eigenvalue weighted by molar-refractivity contribution is 5.86. The van der Waals surface area contributed by atoms with Crippen molar-refractivity contribution < 1.29 is 9.90 Å². The molecule has 0 saturated carbocycles. The van der Waals surface area contributed by atoms with Crippen LogP contribution in [-0.2, 0) is 4.79 Å². The SMILES string of the molecule is CCCCCCCC=C(CCCCCCCCCCCC)C(=O)O. The summed E-state index contributed by atoms with van der Waals surface area (Å²) in [5.74, 6) is -0.709. The number of hydrogen-bond acceptors (Lipinski definition) is 1. The first kappa shape index (κ1) is 23.2. The van der Waals surface area contributed by atoms with Gasteiger partial charge < -0.3 is 5.11 Å². The first-order valence-electron chi connectivity index (χ1n) is 10.6. The van der Waals surface area contributed by atoms with E-state index in [1.54, 1.807) is 0 Å². The van der Waals surface area contributed by atoms with Crippen LogP contribution in [0, 0.1) is 0 Å². The van der Waals surface area contributed by atoms with E-state index in [2.05, 4.69) is 13.8 Å². The Bertz CT molecular complexity index is 307. The van der Waals surface area contributed by atoms with Crippen molar-refractivity contribution in [2.24, 2.45) is 0 Å². The van der Waals surface area contributed by atoms with Gasteiger partial charge in [0.1, 0.15) is 0 Å². The minimum Gasteiger partial charge on any atom is -0.478 e. The Balaban J connectivity index is 3.58. The number of carboxylic acid groups (broad SMARTS) is 1. The molecular weight excluding hydrogens is 296 g/mol. The maximum absolute atomic E-state index is 11.3. The van der Waals surface area contributed by atoms with E-state index in [0.717, 1.165) is 25.7 Å². The van der Waals surface area contributed by atoms with E-state index in [0.29, 0.717) is 5.57 Å². The summed E-state index contributed by atoms with van der Waals surface area (Å²) in [5, 5.41) is 9.29. The molecule has 0 bridgehead atoms. The Hall–Kier alpha value is -0.790. The van der Waals surface area contributed by atoms with Crippen LogP contribution < -0.4 is 0 Å². The highest BCUT2D eigenvalue weighted by Gasteiger charge is 2.06. The van der Waals surface area contributed by atoms with E-state index < -0.39 is 5.97 Å². The summed E-state index contributed by atoms with van der Waals surface area (Å²) in [6.07, 6.45) is 22.8. The summed E-state index contributed by atoms with van der Waals surface area (Å²) in [5.41, 5.74) is 0.644. The number of aliphatic carboxylic acids is 1. The largest absolute Gasteiger partial charge is 0.478 e. The predicted molar refractivity (Wildman–Crippen MR) is 106 cm³/mol. The van der Waals surface area contributed by atoms with E-state index in [1.165, 1.54) is 83.5 Å². The third-order valence-electron chi connectivity index (χ3n) is 4.77. The van der Waals surface area contributed by atoms with Crippen molar-refractivity contribution in [1.82, 2.24) is 0 Å². The van der Waals surface area contributed by atoms with Gasteiger partial charge in [-0.25, -0.2) is 4.79 Å². The van der Waals surface area contributed by atoms with Crippen LogP contribution >= 0.6 is 0 Å². The summed E-state index contributed by atoms with van der Waals surface area (Å²) in [7, 11) is 0. The van der Waals surface area contributed by atoms with Crippen molar-refractivity contribution in [3.8, 4) is 0 Å². The highest BCUT2D eigenvalue weighted by Crippen LogP contribution is 2.15. The van der Waals surface area contributed by atoms with Gasteiger partial charge >= 0.3 is 5.97 Å². The fraction of sp³-hybridized carbons (Fsp3) is 0.864. The quantitative estimate of drug-likeness (QED) is 0.206. The summed E-state index contributed by atoms with van der Waals surface area (Å²) in [4.78, 5) is 11.3. The second kappa shape index (κ2) is 18.5. The van der Waals surface area contributed by atoms with Crippen LogP contribution in [0.1, 0.15) is 123 Å². The standard InChI is InChI=1S/C22H42O2/c1-3-5-7-9-11-12-13-14-16-18-20-21(22(23)24)19-17-15-10-8-6-4-2/h19H,3-18,20H2,1-2H3,(H,23,24). The van der Waals surface area contributed by atoms with Crippen LogP contribution in [0.25, 0.3) is 0 Å². The van der Waals surface area contributed by atoms with Crippen molar-refractivity contribution in [2.45, 2.75) is 123 Å². The second-order valence-electron chi connectivity index (χ2n) is 7.17. The smallest absolute Gasteiger partial charge is 0.331 e. The molecule has 0 fully saturated rings. The summed E-state index contributed by atoms with van der Waals surface area (Å²) in [6.45, 7) is 4.47. The Morgan fingerprint density at radius 1 is 0.667 bits per heavy atom. The highest BCUT2D eigenvalue weighted by atomic mass is 16.4. The lowest BCUT2D eigenvalue weighted by Gasteiger charge is -2.04. The molecule has 0 heterocycles.